The van der Waals surface area contributed by atoms with Gasteiger partial charge in [-0.25, -0.2) is 0 Å². The Morgan fingerprint density at radius 2 is 1.36 bits per heavy atom. The summed E-state index contributed by atoms with van der Waals surface area (Å²) in [5, 5.41) is 0. The van der Waals surface area contributed by atoms with Crippen molar-refractivity contribution in [3.63, 3.8) is 0 Å². The van der Waals surface area contributed by atoms with Crippen molar-refractivity contribution in [1.29, 1.82) is 0 Å². The number of hydrogen-bond donors (Lipinski definition) is 0. The number of benzene rings is 3. The number of carbonyl (C=O) groups is 1. The number of piperidine rings is 1. The molecule has 4 nitrogen and oxygen atoms in total. The molecule has 2 saturated heterocycles. The summed E-state index contributed by atoms with van der Waals surface area (Å²) in [5.41, 5.74) is 3.40. The fraction of sp³-hybridized carbons (Fsp3) is 0.406. The molecule has 0 bridgehead atoms. The average molecular weight is 480 g/mol. The summed E-state index contributed by atoms with van der Waals surface area (Å²) in [5.74, 6) is 0.909. The van der Waals surface area contributed by atoms with Crippen LogP contribution in [0.25, 0.3) is 0 Å². The number of para-hydroxylation sites is 1. The van der Waals surface area contributed by atoms with Gasteiger partial charge >= 0.3 is 0 Å². The normalized spacial score (nSPS) is 24.4. The summed E-state index contributed by atoms with van der Waals surface area (Å²) in [6.07, 6.45) is 6.96. The molecule has 36 heavy (non-hydrogen) atoms. The lowest BCUT2D eigenvalue weighted by molar-refractivity contribution is -0.134. The van der Waals surface area contributed by atoms with Crippen LogP contribution in [-0.4, -0.2) is 47.0 Å². The second-order valence-electron chi connectivity index (χ2n) is 10.8. The summed E-state index contributed by atoms with van der Waals surface area (Å²) in [6.45, 7) is 3.31. The minimum Gasteiger partial charge on any atom is -0.339 e. The number of likely N-dealkylation sites (tertiary alicyclic amines) is 1. The maximum absolute atomic E-state index is 14.1. The van der Waals surface area contributed by atoms with E-state index in [9.17, 15) is 4.79 Å². The van der Waals surface area contributed by atoms with Crippen LogP contribution < -0.4 is 4.90 Å². The highest BCUT2D eigenvalue weighted by atomic mass is 16.2. The molecule has 4 heteroatoms. The Labute approximate surface area is 215 Å². The molecule has 3 aliphatic rings. The van der Waals surface area contributed by atoms with Gasteiger partial charge in [0.15, 0.2) is 0 Å². The van der Waals surface area contributed by atoms with Gasteiger partial charge in [0.25, 0.3) is 0 Å². The lowest BCUT2D eigenvalue weighted by Gasteiger charge is -2.48. The number of anilines is 1. The number of amides is 1. The number of nitrogens with zero attached hydrogens (tertiary/aromatic N) is 3. The molecule has 1 aliphatic carbocycles. The van der Waals surface area contributed by atoms with Crippen LogP contribution in [0.4, 0.5) is 5.69 Å². The first kappa shape index (κ1) is 23.3. The third-order valence-electron chi connectivity index (χ3n) is 8.85. The molecule has 1 spiro atoms. The largest absolute Gasteiger partial charge is 0.339 e. The van der Waals surface area contributed by atoms with Crippen LogP contribution in [0.5, 0.6) is 0 Å². The Balaban J connectivity index is 1.24. The highest BCUT2D eigenvalue weighted by Gasteiger charge is 2.54. The SMILES string of the molecule is O=C1N(Cc2ccccc2)CN(c2ccccc2)C12CCN([C@@H]1CCCC[C@@H]1c1ccccc1)CC2. The van der Waals surface area contributed by atoms with Gasteiger partial charge in [-0.15, -0.1) is 0 Å². The van der Waals surface area contributed by atoms with Crippen molar-refractivity contribution in [2.75, 3.05) is 24.7 Å². The van der Waals surface area contributed by atoms with Crippen LogP contribution >= 0.6 is 0 Å². The van der Waals surface area contributed by atoms with Gasteiger partial charge in [0.2, 0.25) is 5.91 Å². The molecular formula is C32H37N3O. The average Bonchev–Trinajstić information content (AvgIpc) is 3.21. The van der Waals surface area contributed by atoms with E-state index in [1.165, 1.54) is 36.8 Å². The third kappa shape index (κ3) is 4.32. The Kier molecular flexibility index (Phi) is 6.54. The number of rotatable bonds is 5. The highest BCUT2D eigenvalue weighted by molar-refractivity contribution is 5.93. The lowest BCUT2D eigenvalue weighted by atomic mass is 9.77. The van der Waals surface area contributed by atoms with Crippen molar-refractivity contribution in [2.45, 2.75) is 62.6 Å². The van der Waals surface area contributed by atoms with E-state index in [1.54, 1.807) is 0 Å². The summed E-state index contributed by atoms with van der Waals surface area (Å²) < 4.78 is 0. The maximum Gasteiger partial charge on any atom is 0.250 e. The molecular weight excluding hydrogens is 442 g/mol. The molecule has 2 heterocycles. The van der Waals surface area contributed by atoms with E-state index in [0.717, 1.165) is 31.6 Å². The second kappa shape index (κ2) is 10.1. The van der Waals surface area contributed by atoms with Gasteiger partial charge in [0, 0.05) is 31.4 Å². The first-order chi connectivity index (χ1) is 17.7. The standard InChI is InChI=1S/C32H37N3O/c36-31-32(35(28-16-8-3-9-17-28)25-34(31)24-26-12-4-1-5-13-26)20-22-33(23-21-32)30-19-11-10-18-29(30)27-14-6-2-7-15-27/h1-9,12-17,29-30H,10-11,18-25H2/t29-,30-/m1/s1. The van der Waals surface area contributed by atoms with Gasteiger partial charge in [-0.2, -0.15) is 0 Å². The second-order valence-corrected chi connectivity index (χ2v) is 10.8. The zero-order valence-corrected chi connectivity index (χ0v) is 21.1. The topological polar surface area (TPSA) is 26.8 Å². The molecule has 0 unspecified atom stereocenters. The van der Waals surface area contributed by atoms with E-state index in [4.69, 9.17) is 0 Å². The zero-order valence-electron chi connectivity index (χ0n) is 21.1. The molecule has 0 radical (unpaired) electrons. The van der Waals surface area contributed by atoms with Gasteiger partial charge in [0.05, 0.1) is 6.67 Å². The van der Waals surface area contributed by atoms with Crippen LogP contribution in [0, 0.1) is 0 Å². The van der Waals surface area contributed by atoms with Gasteiger partial charge in [-0.1, -0.05) is 91.7 Å². The quantitative estimate of drug-likeness (QED) is 0.445. The smallest absolute Gasteiger partial charge is 0.250 e. The Hall–Kier alpha value is -3.11. The predicted molar refractivity (Wildman–Crippen MR) is 146 cm³/mol. The van der Waals surface area contributed by atoms with Crippen molar-refractivity contribution in [1.82, 2.24) is 9.80 Å². The van der Waals surface area contributed by atoms with Crippen molar-refractivity contribution >= 4 is 11.6 Å². The number of hydrogen-bond acceptors (Lipinski definition) is 3. The number of carbonyl (C=O) groups excluding carboxylic acids is 1. The molecule has 186 valence electrons. The van der Waals surface area contributed by atoms with E-state index in [1.807, 2.05) is 6.07 Å². The van der Waals surface area contributed by atoms with Crippen LogP contribution in [0.2, 0.25) is 0 Å². The molecule has 2 aliphatic heterocycles. The maximum atomic E-state index is 14.1. The lowest BCUT2D eigenvalue weighted by Crippen LogP contribution is -2.58. The molecule has 0 N–H and O–H groups in total. The van der Waals surface area contributed by atoms with Crippen molar-refractivity contribution in [3.8, 4) is 0 Å². The van der Waals surface area contributed by atoms with E-state index < -0.39 is 5.54 Å². The van der Waals surface area contributed by atoms with Crippen LogP contribution in [0.1, 0.15) is 55.6 Å². The first-order valence-electron chi connectivity index (χ1n) is 13.7. The molecule has 3 aromatic rings. The Morgan fingerprint density at radius 1 is 0.750 bits per heavy atom. The van der Waals surface area contributed by atoms with Crippen molar-refractivity contribution < 1.29 is 4.79 Å². The molecule has 0 aromatic heterocycles. The van der Waals surface area contributed by atoms with Gasteiger partial charge in [-0.05, 0) is 54.9 Å². The van der Waals surface area contributed by atoms with Gasteiger partial charge in [0.1, 0.15) is 5.54 Å². The Morgan fingerprint density at radius 3 is 2.06 bits per heavy atom. The van der Waals surface area contributed by atoms with Crippen LogP contribution in [0.3, 0.4) is 0 Å². The van der Waals surface area contributed by atoms with Crippen LogP contribution in [-0.2, 0) is 11.3 Å². The fourth-order valence-corrected chi connectivity index (χ4v) is 6.99. The van der Waals surface area contributed by atoms with Crippen molar-refractivity contribution in [2.24, 2.45) is 0 Å². The van der Waals surface area contributed by atoms with E-state index >= 15 is 0 Å². The minimum atomic E-state index is -0.441. The minimum absolute atomic E-state index is 0.304. The molecule has 3 fully saturated rings. The van der Waals surface area contributed by atoms with Crippen molar-refractivity contribution in [3.05, 3.63) is 102 Å². The fourth-order valence-electron chi connectivity index (χ4n) is 6.99. The van der Waals surface area contributed by atoms with E-state index in [2.05, 4.69) is 99.6 Å². The Bertz CT molecular complexity index is 1140. The summed E-state index contributed by atoms with van der Waals surface area (Å²) in [7, 11) is 0. The van der Waals surface area contributed by atoms with E-state index in [0.29, 0.717) is 31.1 Å². The van der Waals surface area contributed by atoms with Gasteiger partial charge < -0.3 is 9.80 Å². The zero-order chi connectivity index (χ0) is 24.4. The molecule has 1 saturated carbocycles. The van der Waals surface area contributed by atoms with Crippen LogP contribution in [0.15, 0.2) is 91.0 Å². The molecule has 2 atom stereocenters. The van der Waals surface area contributed by atoms with Gasteiger partial charge in [-0.3, -0.25) is 9.69 Å². The first-order valence-corrected chi connectivity index (χ1v) is 13.7. The molecule has 3 aromatic carbocycles. The molecule has 1 amide bonds. The monoisotopic (exact) mass is 479 g/mol. The molecule has 6 rings (SSSR count). The summed E-state index contributed by atoms with van der Waals surface area (Å²) in [4.78, 5) is 21.3. The summed E-state index contributed by atoms with van der Waals surface area (Å²) in [6, 6.07) is 32.7. The predicted octanol–water partition coefficient (Wildman–Crippen LogP) is 6.05. The third-order valence-corrected chi connectivity index (χ3v) is 8.85. The highest BCUT2D eigenvalue weighted by Crippen LogP contribution is 2.43. The van der Waals surface area contributed by atoms with E-state index in [-0.39, 0.29) is 0 Å². The summed E-state index contributed by atoms with van der Waals surface area (Å²) >= 11 is 0.